The molecule has 0 aliphatic carbocycles. The van der Waals surface area contributed by atoms with Crippen molar-refractivity contribution in [1.29, 1.82) is 0 Å². The van der Waals surface area contributed by atoms with Crippen molar-refractivity contribution in [3.63, 3.8) is 0 Å². The van der Waals surface area contributed by atoms with Crippen molar-refractivity contribution in [2.24, 2.45) is 0 Å². The maximum atomic E-state index is 13.4. The highest BCUT2D eigenvalue weighted by Gasteiger charge is 2.31. The fraction of sp³-hybridized carbons (Fsp3) is 0.407. The fourth-order valence-electron chi connectivity index (χ4n) is 4.00. The Kier molecular flexibility index (Phi) is 9.94. The number of carbonyl (C=O) groups is 4. The van der Waals surface area contributed by atoms with Crippen LogP contribution in [-0.2, 0) is 36.8 Å². The SMILES string of the molecule is COC[C@@H]1NC(=O)[C@@H](NC(C)=O)Cc2cccc(c2)Oc2cccc(c2)C[C@@H](C(=O)NCC(C)(F)F)NC1=O. The van der Waals surface area contributed by atoms with E-state index in [-0.39, 0.29) is 19.4 Å². The van der Waals surface area contributed by atoms with E-state index in [0.29, 0.717) is 29.5 Å². The zero-order chi connectivity index (χ0) is 28.6. The lowest BCUT2D eigenvalue weighted by Crippen LogP contribution is -2.58. The Labute approximate surface area is 224 Å². The zero-order valence-corrected chi connectivity index (χ0v) is 21.9. The van der Waals surface area contributed by atoms with Crippen molar-refractivity contribution in [3.05, 3.63) is 59.7 Å². The van der Waals surface area contributed by atoms with Gasteiger partial charge in [0.05, 0.1) is 13.2 Å². The summed E-state index contributed by atoms with van der Waals surface area (Å²) >= 11 is 0. The molecule has 1 aliphatic heterocycles. The van der Waals surface area contributed by atoms with Gasteiger partial charge in [0.1, 0.15) is 29.6 Å². The van der Waals surface area contributed by atoms with E-state index in [0.717, 1.165) is 0 Å². The molecule has 210 valence electrons. The molecule has 3 atom stereocenters. The van der Waals surface area contributed by atoms with E-state index in [4.69, 9.17) is 9.47 Å². The second kappa shape index (κ2) is 13.1. The molecule has 0 spiro atoms. The lowest BCUT2D eigenvalue weighted by atomic mass is 10.0. The maximum absolute atomic E-state index is 13.4. The van der Waals surface area contributed by atoms with E-state index >= 15 is 0 Å². The summed E-state index contributed by atoms with van der Waals surface area (Å²) in [5.74, 6) is -4.95. The Morgan fingerprint density at radius 3 is 2.21 bits per heavy atom. The van der Waals surface area contributed by atoms with E-state index in [2.05, 4.69) is 21.3 Å². The van der Waals surface area contributed by atoms with Crippen molar-refractivity contribution in [2.75, 3.05) is 20.3 Å². The highest BCUT2D eigenvalue weighted by molar-refractivity contribution is 5.94. The van der Waals surface area contributed by atoms with Crippen LogP contribution in [-0.4, -0.2) is 67.9 Å². The molecule has 2 aromatic rings. The first-order chi connectivity index (χ1) is 18.4. The molecular formula is C27H32F2N4O6. The summed E-state index contributed by atoms with van der Waals surface area (Å²) in [6.07, 6.45) is 0.0481. The molecule has 12 heteroatoms. The molecule has 2 aromatic carbocycles. The van der Waals surface area contributed by atoms with Crippen molar-refractivity contribution in [1.82, 2.24) is 21.3 Å². The molecule has 4 N–H and O–H groups in total. The van der Waals surface area contributed by atoms with Crippen LogP contribution in [0.3, 0.4) is 0 Å². The largest absolute Gasteiger partial charge is 0.457 e. The molecule has 0 fully saturated rings. The molecule has 0 saturated carbocycles. The second-order valence-corrected chi connectivity index (χ2v) is 9.42. The fourth-order valence-corrected chi connectivity index (χ4v) is 4.00. The third-order valence-electron chi connectivity index (χ3n) is 5.78. The number of rotatable bonds is 6. The van der Waals surface area contributed by atoms with Gasteiger partial charge in [0.25, 0.3) is 5.92 Å². The first kappa shape index (κ1) is 29.5. The predicted molar refractivity (Wildman–Crippen MR) is 137 cm³/mol. The van der Waals surface area contributed by atoms with Crippen molar-refractivity contribution in [3.8, 4) is 11.5 Å². The molecule has 0 saturated heterocycles. The minimum absolute atomic E-state index is 0.0493. The van der Waals surface area contributed by atoms with E-state index < -0.39 is 54.2 Å². The Bertz CT molecular complexity index is 1200. The van der Waals surface area contributed by atoms with Gasteiger partial charge in [0.2, 0.25) is 23.6 Å². The van der Waals surface area contributed by atoms with E-state index in [1.165, 1.54) is 14.0 Å². The minimum Gasteiger partial charge on any atom is -0.457 e. The number of amides is 4. The monoisotopic (exact) mass is 546 g/mol. The van der Waals surface area contributed by atoms with Crippen molar-refractivity contribution >= 4 is 23.6 Å². The molecule has 1 aliphatic rings. The lowest BCUT2D eigenvalue weighted by Gasteiger charge is -2.25. The van der Waals surface area contributed by atoms with Gasteiger partial charge in [-0.15, -0.1) is 0 Å². The lowest BCUT2D eigenvalue weighted by molar-refractivity contribution is -0.134. The van der Waals surface area contributed by atoms with Crippen LogP contribution >= 0.6 is 0 Å². The summed E-state index contributed by atoms with van der Waals surface area (Å²) in [5, 5.41) is 9.85. The molecule has 0 aromatic heterocycles. The molecule has 3 rings (SSSR count). The number of ether oxygens (including phenoxy) is 2. The van der Waals surface area contributed by atoms with E-state index in [1.807, 2.05) is 0 Å². The van der Waals surface area contributed by atoms with Gasteiger partial charge in [-0.1, -0.05) is 24.3 Å². The summed E-state index contributed by atoms with van der Waals surface area (Å²) in [4.78, 5) is 51.1. The van der Waals surface area contributed by atoms with Gasteiger partial charge in [0, 0.05) is 33.8 Å². The van der Waals surface area contributed by atoms with Crippen LogP contribution in [0.15, 0.2) is 48.5 Å². The highest BCUT2D eigenvalue weighted by atomic mass is 19.3. The third-order valence-corrected chi connectivity index (χ3v) is 5.78. The van der Waals surface area contributed by atoms with Gasteiger partial charge >= 0.3 is 0 Å². The Hall–Kier alpha value is -4.06. The summed E-state index contributed by atoms with van der Waals surface area (Å²) in [5.41, 5.74) is 1.29. The molecule has 0 unspecified atom stereocenters. The van der Waals surface area contributed by atoms with Crippen LogP contribution in [0.2, 0.25) is 0 Å². The third kappa shape index (κ3) is 9.32. The van der Waals surface area contributed by atoms with Gasteiger partial charge < -0.3 is 30.7 Å². The molecule has 4 amide bonds. The van der Waals surface area contributed by atoms with Gasteiger partial charge in [-0.05, 0) is 35.4 Å². The standard InChI is InChI=1S/C27H32F2N4O6/c1-16(34)31-22-13-18-7-5-9-20(11-18)39-19-8-4-6-17(10-19)12-21(24(35)30-15-27(2,28)29)32-26(37)23(14-38-3)33-25(22)36/h4-11,21-23H,12-15H2,1-3H3,(H,30,35)(H,31,34)(H,32,37)(H,33,36)/t21-,22-,23-/m0/s1. The number of nitrogens with one attached hydrogen (secondary N) is 4. The van der Waals surface area contributed by atoms with Crippen LogP contribution < -0.4 is 26.0 Å². The number of carbonyl (C=O) groups excluding carboxylic acids is 4. The summed E-state index contributed by atoms with van der Waals surface area (Å²) in [6.45, 7) is 0.760. The predicted octanol–water partition coefficient (Wildman–Crippen LogP) is 1.47. The molecular weight excluding hydrogens is 514 g/mol. The number of alkyl halides is 2. The van der Waals surface area contributed by atoms with Crippen LogP contribution in [0.4, 0.5) is 8.78 Å². The molecule has 10 nitrogen and oxygen atoms in total. The Morgan fingerprint density at radius 1 is 1.03 bits per heavy atom. The van der Waals surface area contributed by atoms with Gasteiger partial charge in [-0.25, -0.2) is 8.78 Å². The van der Waals surface area contributed by atoms with Gasteiger partial charge in [-0.2, -0.15) is 0 Å². The zero-order valence-electron chi connectivity index (χ0n) is 21.9. The number of hydrogen-bond acceptors (Lipinski definition) is 6. The van der Waals surface area contributed by atoms with Crippen molar-refractivity contribution in [2.45, 2.75) is 50.7 Å². The molecule has 39 heavy (non-hydrogen) atoms. The van der Waals surface area contributed by atoms with Crippen LogP contribution in [0.25, 0.3) is 0 Å². The summed E-state index contributed by atoms with van der Waals surface area (Å²) in [6, 6.07) is 10.2. The smallest absolute Gasteiger partial charge is 0.262 e. The number of fused-ring (bicyclic) bond motifs is 4. The summed E-state index contributed by atoms with van der Waals surface area (Å²) < 4.78 is 37.9. The van der Waals surface area contributed by atoms with Gasteiger partial charge in [0.15, 0.2) is 0 Å². The van der Waals surface area contributed by atoms with Crippen molar-refractivity contribution < 1.29 is 37.4 Å². The number of benzene rings is 2. The molecule has 1 heterocycles. The average molecular weight is 547 g/mol. The number of halogens is 2. The molecule has 0 radical (unpaired) electrons. The first-order valence-corrected chi connectivity index (χ1v) is 12.3. The quantitative estimate of drug-likeness (QED) is 0.434. The highest BCUT2D eigenvalue weighted by Crippen LogP contribution is 2.24. The van der Waals surface area contributed by atoms with E-state index in [9.17, 15) is 28.0 Å². The Morgan fingerprint density at radius 2 is 1.64 bits per heavy atom. The van der Waals surface area contributed by atoms with Gasteiger partial charge in [-0.3, -0.25) is 19.2 Å². The topological polar surface area (TPSA) is 135 Å². The molecule has 4 bridgehead atoms. The van der Waals surface area contributed by atoms with Crippen LogP contribution in [0, 0.1) is 0 Å². The number of hydrogen-bond donors (Lipinski definition) is 4. The minimum atomic E-state index is -3.16. The van der Waals surface area contributed by atoms with Crippen LogP contribution in [0.5, 0.6) is 11.5 Å². The maximum Gasteiger partial charge on any atom is 0.262 e. The summed E-state index contributed by atoms with van der Waals surface area (Å²) in [7, 11) is 1.33. The number of methoxy groups -OCH3 is 1. The second-order valence-electron chi connectivity index (χ2n) is 9.42. The Balaban J connectivity index is 2.01. The van der Waals surface area contributed by atoms with E-state index in [1.54, 1.807) is 48.5 Å². The normalized spacial score (nSPS) is 20.2. The average Bonchev–Trinajstić information content (AvgIpc) is 2.85. The first-order valence-electron chi connectivity index (χ1n) is 12.3. The van der Waals surface area contributed by atoms with Crippen LogP contribution in [0.1, 0.15) is 25.0 Å².